The molecule has 8 heteroatoms. The average molecular weight is 390 g/mol. The van der Waals surface area contributed by atoms with Gasteiger partial charge in [-0.25, -0.2) is 0 Å². The van der Waals surface area contributed by atoms with Crippen LogP contribution >= 0.6 is 11.6 Å². The van der Waals surface area contributed by atoms with Crippen molar-refractivity contribution >= 4 is 28.4 Å². The Bertz CT molecular complexity index is 981. The smallest absolute Gasteiger partial charge is 0.226 e. The largest absolute Gasteiger partial charge is 0.484 e. The summed E-state index contributed by atoms with van der Waals surface area (Å²) >= 11 is 6.31. The zero-order valence-electron chi connectivity index (χ0n) is 14.8. The molecule has 0 unspecified atom stereocenters. The summed E-state index contributed by atoms with van der Waals surface area (Å²) in [6, 6.07) is 7.38. The van der Waals surface area contributed by atoms with E-state index in [0.717, 1.165) is 28.7 Å². The molecule has 27 heavy (non-hydrogen) atoms. The molecular formula is C19H20ClN3O4. The zero-order valence-corrected chi connectivity index (χ0v) is 15.5. The second-order valence-corrected chi connectivity index (χ2v) is 7.26. The van der Waals surface area contributed by atoms with Crippen LogP contribution in [0.2, 0.25) is 5.02 Å². The topological polar surface area (TPSA) is 100 Å². The van der Waals surface area contributed by atoms with Gasteiger partial charge in [-0.05, 0) is 31.9 Å². The van der Waals surface area contributed by atoms with Gasteiger partial charge in [0.25, 0.3) is 0 Å². The Labute approximate surface area is 160 Å². The monoisotopic (exact) mass is 389 g/mol. The van der Waals surface area contributed by atoms with E-state index in [1.165, 1.54) is 0 Å². The van der Waals surface area contributed by atoms with Crippen LogP contribution in [0.1, 0.15) is 30.0 Å². The number of halogens is 1. The summed E-state index contributed by atoms with van der Waals surface area (Å²) in [5.74, 6) is 0.755. The van der Waals surface area contributed by atoms with Crippen LogP contribution in [-0.2, 0) is 17.9 Å². The van der Waals surface area contributed by atoms with E-state index in [0.29, 0.717) is 29.5 Å². The molecule has 0 spiro atoms. The lowest BCUT2D eigenvalue weighted by Gasteiger charge is -2.30. The number of carbonyl (C=O) groups is 1. The fourth-order valence-corrected chi connectivity index (χ4v) is 3.36. The highest BCUT2D eigenvalue weighted by molar-refractivity contribution is 6.32. The van der Waals surface area contributed by atoms with Crippen LogP contribution in [-0.4, -0.2) is 27.3 Å². The molecule has 1 aliphatic rings. The van der Waals surface area contributed by atoms with Crippen LogP contribution in [0.4, 0.5) is 0 Å². The van der Waals surface area contributed by atoms with Crippen molar-refractivity contribution in [3.05, 3.63) is 46.4 Å². The zero-order chi connectivity index (χ0) is 19.0. The standard InChI is InChI=1S/C19H20ClN3O4/c1-10-4-13(27-23-10)9-26-18-7-16-11(6-15(18)20)5-12(22-16)8-21-19(25)14-2-3-17(14)24/h4-7,14,17,22,24H,2-3,8-9H2,1H3,(H,21,25)/t14-,17-/m0/s1. The molecule has 1 aliphatic carbocycles. The summed E-state index contributed by atoms with van der Waals surface area (Å²) in [6.07, 6.45) is 0.916. The fraction of sp³-hybridized carbons (Fsp3) is 0.368. The summed E-state index contributed by atoms with van der Waals surface area (Å²) in [4.78, 5) is 15.3. The molecule has 0 radical (unpaired) electrons. The Balaban J connectivity index is 1.43. The van der Waals surface area contributed by atoms with Gasteiger partial charge in [-0.3, -0.25) is 4.79 Å². The van der Waals surface area contributed by atoms with Crippen LogP contribution in [0.3, 0.4) is 0 Å². The molecule has 3 aromatic rings. The number of aliphatic hydroxyl groups is 1. The van der Waals surface area contributed by atoms with Crippen molar-refractivity contribution in [1.29, 1.82) is 0 Å². The van der Waals surface area contributed by atoms with E-state index in [9.17, 15) is 9.90 Å². The van der Waals surface area contributed by atoms with Gasteiger partial charge in [0, 0.05) is 28.7 Å². The van der Waals surface area contributed by atoms with Crippen molar-refractivity contribution < 1.29 is 19.2 Å². The van der Waals surface area contributed by atoms with Crippen LogP contribution in [0.15, 0.2) is 28.8 Å². The quantitative estimate of drug-likeness (QED) is 0.601. The van der Waals surface area contributed by atoms with Crippen molar-refractivity contribution in [1.82, 2.24) is 15.5 Å². The predicted octanol–water partition coefficient (Wildman–Crippen LogP) is 3.08. The van der Waals surface area contributed by atoms with Gasteiger partial charge in [-0.1, -0.05) is 16.8 Å². The first-order chi connectivity index (χ1) is 13.0. The average Bonchev–Trinajstić information content (AvgIpc) is 3.21. The van der Waals surface area contributed by atoms with Crippen LogP contribution in [0.25, 0.3) is 10.9 Å². The maximum Gasteiger partial charge on any atom is 0.226 e. The third-order valence-corrected chi connectivity index (χ3v) is 5.10. The summed E-state index contributed by atoms with van der Waals surface area (Å²) in [5, 5.41) is 17.7. The maximum atomic E-state index is 12.0. The van der Waals surface area contributed by atoms with Crippen molar-refractivity contribution in [2.24, 2.45) is 5.92 Å². The lowest BCUT2D eigenvalue weighted by Crippen LogP contribution is -2.43. The first-order valence-electron chi connectivity index (χ1n) is 8.81. The number of rotatable bonds is 6. The number of nitrogens with one attached hydrogen (secondary N) is 2. The SMILES string of the molecule is Cc1cc(COc2cc3[nH]c(CNC(=O)[C@H]4CC[C@@H]4O)cc3cc2Cl)on1. The minimum atomic E-state index is -0.514. The molecule has 2 aromatic heterocycles. The number of amides is 1. The van der Waals surface area contributed by atoms with E-state index in [1.807, 2.05) is 25.1 Å². The fourth-order valence-electron chi connectivity index (χ4n) is 3.13. The molecular weight excluding hydrogens is 370 g/mol. The Morgan fingerprint density at radius 1 is 1.41 bits per heavy atom. The summed E-state index contributed by atoms with van der Waals surface area (Å²) in [5.41, 5.74) is 2.50. The van der Waals surface area contributed by atoms with Gasteiger partial charge < -0.3 is 24.7 Å². The Morgan fingerprint density at radius 2 is 2.26 bits per heavy atom. The highest BCUT2D eigenvalue weighted by atomic mass is 35.5. The number of benzene rings is 1. The van der Waals surface area contributed by atoms with Crippen LogP contribution in [0.5, 0.6) is 5.75 Å². The molecule has 7 nitrogen and oxygen atoms in total. The number of H-pyrrole nitrogens is 1. The number of aromatic amines is 1. The van der Waals surface area contributed by atoms with Gasteiger partial charge in [-0.2, -0.15) is 0 Å². The molecule has 0 aliphatic heterocycles. The molecule has 4 rings (SSSR count). The highest BCUT2D eigenvalue weighted by Gasteiger charge is 2.34. The number of nitrogens with zero attached hydrogens (tertiary/aromatic N) is 1. The summed E-state index contributed by atoms with van der Waals surface area (Å²) in [7, 11) is 0. The van der Waals surface area contributed by atoms with E-state index < -0.39 is 6.10 Å². The van der Waals surface area contributed by atoms with Crippen LogP contribution < -0.4 is 10.1 Å². The Hall–Kier alpha value is -2.51. The first kappa shape index (κ1) is 17.9. The van der Waals surface area contributed by atoms with E-state index >= 15 is 0 Å². The Kier molecular flexibility index (Phi) is 4.80. The number of aliphatic hydroxyl groups excluding tert-OH is 1. The van der Waals surface area contributed by atoms with Crippen LogP contribution in [0, 0.1) is 12.8 Å². The van der Waals surface area contributed by atoms with Gasteiger partial charge in [0.05, 0.1) is 29.3 Å². The van der Waals surface area contributed by atoms with Gasteiger partial charge in [0.2, 0.25) is 5.91 Å². The molecule has 0 bridgehead atoms. The van der Waals surface area contributed by atoms with Gasteiger partial charge in [0.15, 0.2) is 5.76 Å². The number of ether oxygens (including phenoxy) is 1. The van der Waals surface area contributed by atoms with Crippen molar-refractivity contribution in [2.75, 3.05) is 0 Å². The molecule has 1 saturated carbocycles. The number of fused-ring (bicyclic) bond motifs is 1. The molecule has 3 N–H and O–H groups in total. The molecule has 2 heterocycles. The van der Waals surface area contributed by atoms with E-state index in [2.05, 4.69) is 15.5 Å². The second kappa shape index (κ2) is 7.25. The third kappa shape index (κ3) is 3.79. The number of hydrogen-bond acceptors (Lipinski definition) is 5. The molecule has 1 aromatic carbocycles. The normalized spacial score (nSPS) is 19.1. The number of aromatic nitrogens is 2. The molecule has 0 saturated heterocycles. The van der Waals surface area contributed by atoms with E-state index in [1.54, 1.807) is 6.07 Å². The van der Waals surface area contributed by atoms with Gasteiger partial charge >= 0.3 is 0 Å². The third-order valence-electron chi connectivity index (χ3n) is 4.80. The molecule has 1 amide bonds. The Morgan fingerprint density at radius 3 is 2.93 bits per heavy atom. The lowest BCUT2D eigenvalue weighted by atomic mass is 9.81. The number of carbonyl (C=O) groups excluding carboxylic acids is 1. The predicted molar refractivity (Wildman–Crippen MR) is 99.5 cm³/mol. The second-order valence-electron chi connectivity index (χ2n) is 6.86. The minimum Gasteiger partial charge on any atom is -0.484 e. The van der Waals surface area contributed by atoms with Gasteiger partial charge in [-0.15, -0.1) is 0 Å². The van der Waals surface area contributed by atoms with Crippen molar-refractivity contribution in [3.8, 4) is 5.75 Å². The van der Waals surface area contributed by atoms with Crippen molar-refractivity contribution in [2.45, 2.75) is 39.0 Å². The molecule has 2 atom stereocenters. The summed E-state index contributed by atoms with van der Waals surface area (Å²) < 4.78 is 10.9. The number of hydrogen-bond donors (Lipinski definition) is 3. The van der Waals surface area contributed by atoms with Crippen molar-refractivity contribution in [3.63, 3.8) is 0 Å². The van der Waals surface area contributed by atoms with E-state index in [-0.39, 0.29) is 18.4 Å². The first-order valence-corrected chi connectivity index (χ1v) is 9.19. The lowest BCUT2D eigenvalue weighted by molar-refractivity contribution is -0.134. The molecule has 1 fully saturated rings. The minimum absolute atomic E-state index is 0.114. The number of aryl methyl sites for hydroxylation is 1. The van der Waals surface area contributed by atoms with E-state index in [4.69, 9.17) is 20.9 Å². The molecule has 142 valence electrons. The highest BCUT2D eigenvalue weighted by Crippen LogP contribution is 2.31. The van der Waals surface area contributed by atoms with Gasteiger partial charge in [0.1, 0.15) is 12.4 Å². The maximum absolute atomic E-state index is 12.0. The summed E-state index contributed by atoms with van der Waals surface area (Å²) in [6.45, 7) is 2.44.